The summed E-state index contributed by atoms with van der Waals surface area (Å²) < 4.78 is 0. The van der Waals surface area contributed by atoms with E-state index in [0.29, 0.717) is 39.3 Å². The van der Waals surface area contributed by atoms with Crippen LogP contribution in [0.4, 0.5) is 11.4 Å². The molecule has 0 saturated carbocycles. The van der Waals surface area contributed by atoms with Crippen LogP contribution in [0.1, 0.15) is 55.8 Å². The highest BCUT2D eigenvalue weighted by Gasteiger charge is 2.31. The van der Waals surface area contributed by atoms with E-state index in [1.807, 2.05) is 49.4 Å². The van der Waals surface area contributed by atoms with Gasteiger partial charge in [0.1, 0.15) is 0 Å². The monoisotopic (exact) mass is 554 g/mol. The zero-order valence-corrected chi connectivity index (χ0v) is 23.7. The first-order valence-electron chi connectivity index (χ1n) is 13.6. The van der Waals surface area contributed by atoms with Gasteiger partial charge in [-0.25, -0.2) is 9.86 Å². The SMILES string of the molecule is CON(C(=O)c1ccc(N/C(=C2/C(=O)Nc3cc(C(=O)O)c(C)cc32)c2ccccc2)cc1C)C1CCN(C)CC1. The van der Waals surface area contributed by atoms with Crippen LogP contribution in [-0.4, -0.2) is 66.1 Å². The second kappa shape index (κ2) is 11.6. The van der Waals surface area contributed by atoms with E-state index in [4.69, 9.17) is 4.84 Å². The zero-order valence-electron chi connectivity index (χ0n) is 23.7. The largest absolute Gasteiger partial charge is 0.478 e. The third-order valence-corrected chi connectivity index (χ3v) is 7.79. The Kier molecular flexibility index (Phi) is 7.92. The minimum absolute atomic E-state index is 0.0152. The molecule has 0 unspecified atom stereocenters. The van der Waals surface area contributed by atoms with E-state index in [2.05, 4.69) is 22.6 Å². The number of rotatable bonds is 7. The second-order valence-corrected chi connectivity index (χ2v) is 10.6. The van der Waals surface area contributed by atoms with Gasteiger partial charge in [0.05, 0.1) is 35.7 Å². The smallest absolute Gasteiger partial charge is 0.336 e. The van der Waals surface area contributed by atoms with Crippen LogP contribution < -0.4 is 10.6 Å². The van der Waals surface area contributed by atoms with Crippen LogP contribution in [0.25, 0.3) is 11.3 Å². The highest BCUT2D eigenvalue weighted by molar-refractivity contribution is 6.37. The molecule has 3 aromatic rings. The fourth-order valence-electron chi connectivity index (χ4n) is 5.56. The van der Waals surface area contributed by atoms with Crippen LogP contribution in [0, 0.1) is 13.8 Å². The van der Waals surface area contributed by atoms with Gasteiger partial charge in [0, 0.05) is 16.8 Å². The molecule has 0 bridgehead atoms. The van der Waals surface area contributed by atoms with Crippen molar-refractivity contribution >= 4 is 40.4 Å². The fraction of sp³-hybridized carbons (Fsp3) is 0.281. The van der Waals surface area contributed by atoms with Gasteiger partial charge in [-0.2, -0.15) is 0 Å². The lowest BCUT2D eigenvalue weighted by Crippen LogP contribution is -2.46. The molecule has 0 radical (unpaired) electrons. The van der Waals surface area contributed by atoms with Crippen LogP contribution in [0.15, 0.2) is 60.7 Å². The Morgan fingerprint density at radius 2 is 1.68 bits per heavy atom. The normalized spacial score (nSPS) is 16.6. The molecule has 212 valence electrons. The topological polar surface area (TPSA) is 111 Å². The number of carbonyl (C=O) groups excluding carboxylic acids is 2. The number of anilines is 2. The fourth-order valence-corrected chi connectivity index (χ4v) is 5.56. The molecule has 2 amide bonds. The number of hydrogen-bond donors (Lipinski definition) is 3. The quantitative estimate of drug-likeness (QED) is 0.277. The number of carboxylic acids is 1. The molecule has 1 fully saturated rings. The number of benzene rings is 3. The number of carboxylic acid groups (broad SMARTS) is 1. The number of hydroxylamine groups is 2. The van der Waals surface area contributed by atoms with E-state index < -0.39 is 5.97 Å². The third kappa shape index (κ3) is 5.59. The minimum atomic E-state index is -1.05. The van der Waals surface area contributed by atoms with Gasteiger partial charge in [0.15, 0.2) is 0 Å². The van der Waals surface area contributed by atoms with E-state index in [1.165, 1.54) is 18.2 Å². The van der Waals surface area contributed by atoms with E-state index in [1.54, 1.807) is 19.1 Å². The van der Waals surface area contributed by atoms with E-state index in [9.17, 15) is 19.5 Å². The van der Waals surface area contributed by atoms with Crippen molar-refractivity contribution in [1.82, 2.24) is 9.96 Å². The van der Waals surface area contributed by atoms with Gasteiger partial charge in [-0.3, -0.25) is 14.4 Å². The molecule has 0 spiro atoms. The molecule has 3 N–H and O–H groups in total. The number of amides is 2. The van der Waals surface area contributed by atoms with Gasteiger partial charge in [-0.1, -0.05) is 30.3 Å². The summed E-state index contributed by atoms with van der Waals surface area (Å²) in [6.07, 6.45) is 1.69. The number of likely N-dealkylation sites (tertiary alicyclic amines) is 1. The Morgan fingerprint density at radius 1 is 1.00 bits per heavy atom. The molecular weight excluding hydrogens is 520 g/mol. The van der Waals surface area contributed by atoms with Gasteiger partial charge in [0.2, 0.25) is 0 Å². The maximum atomic E-state index is 13.5. The predicted molar refractivity (Wildman–Crippen MR) is 159 cm³/mol. The molecule has 2 aliphatic rings. The van der Waals surface area contributed by atoms with Gasteiger partial charge >= 0.3 is 5.97 Å². The lowest BCUT2D eigenvalue weighted by molar-refractivity contribution is -0.132. The molecule has 41 heavy (non-hydrogen) atoms. The molecule has 9 nitrogen and oxygen atoms in total. The van der Waals surface area contributed by atoms with Gasteiger partial charge in [-0.05, 0) is 93.8 Å². The van der Waals surface area contributed by atoms with Crippen LogP contribution in [0.2, 0.25) is 0 Å². The molecule has 1 saturated heterocycles. The number of aromatic carboxylic acids is 1. The summed E-state index contributed by atoms with van der Waals surface area (Å²) in [4.78, 5) is 46.3. The average Bonchev–Trinajstić information content (AvgIpc) is 3.27. The molecule has 0 atom stereocenters. The Labute approximate surface area is 239 Å². The number of nitrogens with one attached hydrogen (secondary N) is 2. The molecular formula is C32H34N4O5. The van der Waals surface area contributed by atoms with Crippen molar-refractivity contribution in [3.8, 4) is 0 Å². The van der Waals surface area contributed by atoms with Crippen LogP contribution in [0.3, 0.4) is 0 Å². The van der Waals surface area contributed by atoms with E-state index >= 15 is 0 Å². The van der Waals surface area contributed by atoms with E-state index in [-0.39, 0.29) is 23.4 Å². The third-order valence-electron chi connectivity index (χ3n) is 7.79. The minimum Gasteiger partial charge on any atom is -0.478 e. The van der Waals surface area contributed by atoms with Crippen molar-refractivity contribution < 1.29 is 24.3 Å². The lowest BCUT2D eigenvalue weighted by Gasteiger charge is -2.35. The molecule has 5 rings (SSSR count). The summed E-state index contributed by atoms with van der Waals surface area (Å²) in [6, 6.07) is 18.2. The summed E-state index contributed by atoms with van der Waals surface area (Å²) in [7, 11) is 3.61. The predicted octanol–water partition coefficient (Wildman–Crippen LogP) is 5.03. The molecule has 2 heterocycles. The first-order chi connectivity index (χ1) is 19.7. The summed E-state index contributed by atoms with van der Waals surface area (Å²) in [5.41, 5.74) is 5.57. The number of nitrogens with zero attached hydrogens (tertiary/aromatic N) is 2. The van der Waals surface area contributed by atoms with Crippen LogP contribution in [-0.2, 0) is 9.63 Å². The summed E-state index contributed by atoms with van der Waals surface area (Å²) >= 11 is 0. The van der Waals surface area contributed by atoms with Crippen molar-refractivity contribution in [2.45, 2.75) is 32.7 Å². The maximum absolute atomic E-state index is 13.5. The zero-order chi connectivity index (χ0) is 29.3. The van der Waals surface area contributed by atoms with Crippen molar-refractivity contribution in [3.05, 3.63) is 94.0 Å². The first kappa shape index (κ1) is 28.1. The molecule has 2 aliphatic heterocycles. The van der Waals surface area contributed by atoms with E-state index in [0.717, 1.165) is 37.1 Å². The van der Waals surface area contributed by atoms with Crippen molar-refractivity contribution in [1.29, 1.82) is 0 Å². The Hall–Kier alpha value is -4.47. The molecule has 0 aromatic heterocycles. The van der Waals surface area contributed by atoms with Crippen molar-refractivity contribution in [2.75, 3.05) is 37.9 Å². The Bertz CT molecular complexity index is 1540. The number of aryl methyl sites for hydroxylation is 2. The molecule has 9 heteroatoms. The van der Waals surface area contributed by atoms with Crippen molar-refractivity contribution in [3.63, 3.8) is 0 Å². The van der Waals surface area contributed by atoms with Gasteiger partial charge < -0.3 is 20.6 Å². The summed E-state index contributed by atoms with van der Waals surface area (Å²) in [5.74, 6) is -1.56. The van der Waals surface area contributed by atoms with Gasteiger partial charge in [0.25, 0.3) is 11.8 Å². The second-order valence-electron chi connectivity index (χ2n) is 10.6. The van der Waals surface area contributed by atoms with Crippen molar-refractivity contribution in [2.24, 2.45) is 0 Å². The summed E-state index contributed by atoms with van der Waals surface area (Å²) in [5, 5.41) is 17.3. The Balaban J connectivity index is 1.51. The first-order valence-corrected chi connectivity index (χ1v) is 13.6. The Morgan fingerprint density at radius 3 is 2.32 bits per heavy atom. The van der Waals surface area contributed by atoms with Crippen LogP contribution in [0.5, 0.6) is 0 Å². The number of carbonyl (C=O) groups is 3. The van der Waals surface area contributed by atoms with Crippen LogP contribution >= 0.6 is 0 Å². The maximum Gasteiger partial charge on any atom is 0.336 e. The molecule has 0 aliphatic carbocycles. The highest BCUT2D eigenvalue weighted by atomic mass is 16.7. The lowest BCUT2D eigenvalue weighted by atomic mass is 9.96. The summed E-state index contributed by atoms with van der Waals surface area (Å²) in [6.45, 7) is 5.41. The highest BCUT2D eigenvalue weighted by Crippen LogP contribution is 2.39. The number of hydrogen-bond acceptors (Lipinski definition) is 6. The van der Waals surface area contributed by atoms with Gasteiger partial charge in [-0.15, -0.1) is 0 Å². The number of fused-ring (bicyclic) bond motifs is 1. The standard InChI is InChI=1S/C32H34N4O5/c1-19-16-22(10-11-24(19)31(38)36(41-4)23-12-14-35(3)15-13-23)33-29(21-8-6-5-7-9-21)28-26-17-20(2)25(32(39)40)18-27(26)34-30(28)37/h5-11,16-18,23,33H,12-15H2,1-4H3,(H,34,37)(H,39,40)/b29-28+. The number of piperidine rings is 1. The average molecular weight is 555 g/mol. The molecule has 3 aromatic carbocycles.